The molecule has 0 amide bonds. The second-order valence-electron chi connectivity index (χ2n) is 4.99. The van der Waals surface area contributed by atoms with Crippen LogP contribution >= 0.6 is 0 Å². The zero-order valence-electron chi connectivity index (χ0n) is 9.43. The van der Waals surface area contributed by atoms with Crippen LogP contribution in [0, 0.1) is 0 Å². The van der Waals surface area contributed by atoms with Crippen LogP contribution in [-0.2, 0) is 0 Å². The van der Waals surface area contributed by atoms with Crippen LogP contribution in [0.1, 0.15) is 73.1 Å². The average Bonchev–Trinajstić information content (AvgIpc) is 3.09. The summed E-state index contributed by atoms with van der Waals surface area (Å²) in [5.41, 5.74) is 1.69. The van der Waals surface area contributed by atoms with Crippen LogP contribution in [0.4, 0.5) is 0 Å². The molecule has 86 valence electrons. The molecular weight excluding hydrogens is 202 g/mol. The Labute approximate surface area is 95.0 Å². The topological polar surface area (TPSA) is 47.8 Å². The molecule has 0 radical (unpaired) electrons. The van der Waals surface area contributed by atoms with E-state index in [1.54, 1.807) is 0 Å². The van der Waals surface area contributed by atoms with Crippen molar-refractivity contribution >= 4 is 6.29 Å². The summed E-state index contributed by atoms with van der Waals surface area (Å²) in [5.74, 6) is 0.553. The number of rotatable bonds is 3. The number of carbonyl (C=O) groups excluding carboxylic acids is 1. The zero-order chi connectivity index (χ0) is 11.0. The van der Waals surface area contributed by atoms with Gasteiger partial charge >= 0.3 is 0 Å². The number of aldehydes is 1. The minimum Gasteiger partial charge on any atom is -0.296 e. The minimum atomic E-state index is 0.491. The Morgan fingerprint density at radius 1 is 1.12 bits per heavy atom. The summed E-state index contributed by atoms with van der Waals surface area (Å²) in [6, 6.07) is 0.491. The fourth-order valence-corrected chi connectivity index (χ4v) is 2.75. The summed E-state index contributed by atoms with van der Waals surface area (Å²) < 4.78 is 2.06. The first-order valence-electron chi connectivity index (χ1n) is 6.30. The Bertz CT molecular complexity index is 389. The normalized spacial score (nSPS) is 22.2. The second-order valence-corrected chi connectivity index (χ2v) is 4.99. The van der Waals surface area contributed by atoms with Gasteiger partial charge in [-0.15, -0.1) is 5.10 Å². The van der Waals surface area contributed by atoms with Gasteiger partial charge in [-0.25, -0.2) is 4.68 Å². The Hall–Kier alpha value is -1.19. The first-order chi connectivity index (χ1) is 7.90. The molecule has 2 aliphatic carbocycles. The number of carbonyl (C=O) groups is 1. The van der Waals surface area contributed by atoms with E-state index < -0.39 is 0 Å². The quantitative estimate of drug-likeness (QED) is 0.734. The molecule has 3 rings (SSSR count). The average molecular weight is 219 g/mol. The predicted octanol–water partition coefficient (Wildman–Crippen LogP) is 2.47. The van der Waals surface area contributed by atoms with Gasteiger partial charge in [0.15, 0.2) is 6.29 Å². The maximum Gasteiger partial charge on any atom is 0.172 e. The Morgan fingerprint density at radius 2 is 1.88 bits per heavy atom. The Balaban J connectivity index is 1.92. The van der Waals surface area contributed by atoms with Crippen LogP contribution in [0.25, 0.3) is 0 Å². The summed E-state index contributed by atoms with van der Waals surface area (Å²) in [6.45, 7) is 0. The predicted molar refractivity (Wildman–Crippen MR) is 59.5 cm³/mol. The maximum absolute atomic E-state index is 10.9. The smallest absolute Gasteiger partial charge is 0.172 e. The highest BCUT2D eigenvalue weighted by Crippen LogP contribution is 2.43. The highest BCUT2D eigenvalue weighted by Gasteiger charge is 2.33. The van der Waals surface area contributed by atoms with E-state index in [4.69, 9.17) is 0 Å². The van der Waals surface area contributed by atoms with Gasteiger partial charge in [-0.2, -0.15) is 0 Å². The molecule has 4 heteroatoms. The lowest BCUT2D eigenvalue weighted by Crippen LogP contribution is -2.16. The molecule has 0 saturated heterocycles. The van der Waals surface area contributed by atoms with Crippen molar-refractivity contribution in [3.05, 3.63) is 11.4 Å². The second kappa shape index (κ2) is 4.00. The molecule has 1 heterocycles. The SMILES string of the molecule is O=Cc1nnn(C2CCCCC2)c1C1CC1. The van der Waals surface area contributed by atoms with Gasteiger partial charge in [0.05, 0.1) is 11.7 Å². The van der Waals surface area contributed by atoms with Crippen molar-refractivity contribution in [3.8, 4) is 0 Å². The summed E-state index contributed by atoms with van der Waals surface area (Å²) in [6.07, 6.45) is 9.55. The molecule has 2 saturated carbocycles. The minimum absolute atomic E-state index is 0.491. The van der Waals surface area contributed by atoms with Crippen LogP contribution in [0.3, 0.4) is 0 Å². The molecule has 0 unspecified atom stereocenters. The highest BCUT2D eigenvalue weighted by molar-refractivity contribution is 5.73. The largest absolute Gasteiger partial charge is 0.296 e. The van der Waals surface area contributed by atoms with Crippen molar-refractivity contribution in [2.75, 3.05) is 0 Å². The van der Waals surface area contributed by atoms with Gasteiger partial charge in [0.1, 0.15) is 5.69 Å². The molecule has 0 atom stereocenters. The molecular formula is C12H17N3O. The van der Waals surface area contributed by atoms with Crippen LogP contribution in [0.15, 0.2) is 0 Å². The van der Waals surface area contributed by atoms with Crippen molar-refractivity contribution < 1.29 is 4.79 Å². The maximum atomic E-state index is 10.9. The van der Waals surface area contributed by atoms with Gasteiger partial charge in [0, 0.05) is 5.92 Å². The fourth-order valence-electron chi connectivity index (χ4n) is 2.75. The lowest BCUT2D eigenvalue weighted by atomic mass is 9.95. The van der Waals surface area contributed by atoms with Gasteiger partial charge in [-0.05, 0) is 25.7 Å². The van der Waals surface area contributed by atoms with Crippen molar-refractivity contribution in [2.24, 2.45) is 0 Å². The van der Waals surface area contributed by atoms with Crippen molar-refractivity contribution in [1.82, 2.24) is 15.0 Å². The van der Waals surface area contributed by atoms with Gasteiger partial charge in [0.2, 0.25) is 0 Å². The Kier molecular flexibility index (Phi) is 2.50. The third-order valence-corrected chi connectivity index (χ3v) is 3.75. The fraction of sp³-hybridized carbons (Fsp3) is 0.750. The molecule has 0 aliphatic heterocycles. The van der Waals surface area contributed by atoms with E-state index in [0.29, 0.717) is 17.7 Å². The number of hydrogen-bond donors (Lipinski definition) is 0. The lowest BCUT2D eigenvalue weighted by molar-refractivity contribution is 0.111. The summed E-state index contributed by atoms with van der Waals surface area (Å²) in [4.78, 5) is 10.9. The number of nitrogens with zero attached hydrogens (tertiary/aromatic N) is 3. The van der Waals surface area contributed by atoms with Gasteiger partial charge in [-0.1, -0.05) is 24.5 Å². The van der Waals surface area contributed by atoms with E-state index in [2.05, 4.69) is 15.0 Å². The summed E-state index contributed by atoms with van der Waals surface area (Å²) >= 11 is 0. The van der Waals surface area contributed by atoms with E-state index in [9.17, 15) is 4.79 Å². The van der Waals surface area contributed by atoms with Crippen molar-refractivity contribution in [2.45, 2.75) is 56.9 Å². The molecule has 0 N–H and O–H groups in total. The van der Waals surface area contributed by atoms with E-state index in [-0.39, 0.29) is 0 Å². The van der Waals surface area contributed by atoms with Crippen molar-refractivity contribution in [3.63, 3.8) is 0 Å². The first-order valence-corrected chi connectivity index (χ1v) is 6.30. The standard InChI is InChI=1S/C12H17N3O/c16-8-11-12(9-6-7-9)15(14-13-11)10-4-2-1-3-5-10/h8-10H,1-7H2. The van der Waals surface area contributed by atoms with Gasteiger partial charge in [-0.3, -0.25) is 4.79 Å². The van der Waals surface area contributed by atoms with Crippen LogP contribution in [-0.4, -0.2) is 21.3 Å². The zero-order valence-corrected chi connectivity index (χ0v) is 9.43. The molecule has 0 aromatic carbocycles. The summed E-state index contributed by atoms with van der Waals surface area (Å²) in [7, 11) is 0. The highest BCUT2D eigenvalue weighted by atomic mass is 16.1. The monoisotopic (exact) mass is 219 g/mol. The number of aromatic nitrogens is 3. The first kappa shape index (κ1) is 10.00. The van der Waals surface area contributed by atoms with Crippen LogP contribution < -0.4 is 0 Å². The van der Waals surface area contributed by atoms with E-state index in [1.807, 2.05) is 0 Å². The molecule has 4 nitrogen and oxygen atoms in total. The molecule has 2 aliphatic rings. The molecule has 16 heavy (non-hydrogen) atoms. The molecule has 2 fully saturated rings. The molecule has 1 aromatic heterocycles. The van der Waals surface area contributed by atoms with E-state index >= 15 is 0 Å². The lowest BCUT2D eigenvalue weighted by Gasteiger charge is -2.23. The third-order valence-electron chi connectivity index (χ3n) is 3.75. The molecule has 1 aromatic rings. The van der Waals surface area contributed by atoms with Gasteiger partial charge < -0.3 is 0 Å². The van der Waals surface area contributed by atoms with E-state index in [1.165, 1.54) is 44.9 Å². The molecule has 0 bridgehead atoms. The van der Waals surface area contributed by atoms with E-state index in [0.717, 1.165) is 12.0 Å². The van der Waals surface area contributed by atoms with Crippen LogP contribution in [0.5, 0.6) is 0 Å². The molecule has 0 spiro atoms. The number of hydrogen-bond acceptors (Lipinski definition) is 3. The van der Waals surface area contributed by atoms with Crippen molar-refractivity contribution in [1.29, 1.82) is 0 Å². The van der Waals surface area contributed by atoms with Gasteiger partial charge in [0.25, 0.3) is 0 Å². The van der Waals surface area contributed by atoms with Crippen LogP contribution in [0.2, 0.25) is 0 Å². The Morgan fingerprint density at radius 3 is 2.50 bits per heavy atom. The summed E-state index contributed by atoms with van der Waals surface area (Å²) in [5, 5.41) is 8.22. The third kappa shape index (κ3) is 1.66.